The van der Waals surface area contributed by atoms with Crippen LogP contribution in [0.4, 0.5) is 5.82 Å². The van der Waals surface area contributed by atoms with Gasteiger partial charge < -0.3 is 14.2 Å². The summed E-state index contributed by atoms with van der Waals surface area (Å²) < 4.78 is 5.70. The van der Waals surface area contributed by atoms with Crippen LogP contribution in [0.15, 0.2) is 29.1 Å². The Morgan fingerprint density at radius 1 is 1.22 bits per heavy atom. The van der Waals surface area contributed by atoms with E-state index in [9.17, 15) is 4.79 Å². The van der Waals surface area contributed by atoms with Gasteiger partial charge in [-0.15, -0.1) is 0 Å². The van der Waals surface area contributed by atoms with Crippen molar-refractivity contribution in [1.82, 2.24) is 14.9 Å². The highest BCUT2D eigenvalue weighted by Gasteiger charge is 2.26. The van der Waals surface area contributed by atoms with Gasteiger partial charge in [-0.2, -0.15) is 0 Å². The zero-order valence-electron chi connectivity index (χ0n) is 13.8. The Hall–Kier alpha value is -2.37. The summed E-state index contributed by atoms with van der Waals surface area (Å²) in [5.74, 6) is 2.76. The second-order valence-corrected chi connectivity index (χ2v) is 6.12. The summed E-state index contributed by atoms with van der Waals surface area (Å²) in [5.41, 5.74) is 0.682. The molecule has 0 saturated carbocycles. The zero-order valence-corrected chi connectivity index (χ0v) is 13.8. The number of hydrogen-bond donors (Lipinski definition) is 0. The number of carbonyl (C=O) groups excluding carboxylic acids is 1. The third-order valence-corrected chi connectivity index (χ3v) is 4.18. The lowest BCUT2D eigenvalue weighted by Gasteiger charge is -2.35. The monoisotopic (exact) mass is 314 g/mol. The number of hydrogen-bond acceptors (Lipinski definition) is 5. The quantitative estimate of drug-likeness (QED) is 0.871. The number of furan rings is 1. The van der Waals surface area contributed by atoms with E-state index in [1.165, 1.54) is 0 Å². The van der Waals surface area contributed by atoms with Gasteiger partial charge in [-0.3, -0.25) is 9.78 Å². The summed E-state index contributed by atoms with van der Waals surface area (Å²) in [6.07, 6.45) is 5.11. The molecule has 6 nitrogen and oxygen atoms in total. The normalized spacial score (nSPS) is 15.3. The topological polar surface area (TPSA) is 62.5 Å². The summed E-state index contributed by atoms with van der Waals surface area (Å²) >= 11 is 0. The Morgan fingerprint density at radius 3 is 2.52 bits per heavy atom. The number of carbonyl (C=O) groups is 1. The standard InChI is InChI=1S/C17H22N4O2/c1-12(2)15-10-14(13(3)23-15)17(22)21-8-6-20(7-9-21)16-11-18-4-5-19-16/h4-5,10-12H,6-9H2,1-3H3. The number of nitrogens with zero attached hydrogens (tertiary/aromatic N) is 4. The van der Waals surface area contributed by atoms with Crippen LogP contribution < -0.4 is 4.90 Å². The Labute approximate surface area is 136 Å². The number of amides is 1. The van der Waals surface area contributed by atoms with Crippen LogP contribution in [-0.2, 0) is 0 Å². The first-order valence-corrected chi connectivity index (χ1v) is 7.97. The van der Waals surface area contributed by atoms with E-state index in [1.807, 2.05) is 17.9 Å². The average molecular weight is 314 g/mol. The van der Waals surface area contributed by atoms with Crippen molar-refractivity contribution in [1.29, 1.82) is 0 Å². The SMILES string of the molecule is Cc1oc(C(C)C)cc1C(=O)N1CCN(c2cnccn2)CC1. The third-order valence-electron chi connectivity index (χ3n) is 4.18. The number of rotatable bonds is 3. The number of aryl methyl sites for hydroxylation is 1. The highest BCUT2D eigenvalue weighted by molar-refractivity contribution is 5.95. The largest absolute Gasteiger partial charge is 0.465 e. The molecule has 0 aromatic carbocycles. The summed E-state index contributed by atoms with van der Waals surface area (Å²) in [4.78, 5) is 25.2. The van der Waals surface area contributed by atoms with E-state index in [-0.39, 0.29) is 11.8 Å². The Kier molecular flexibility index (Phi) is 4.32. The maximum atomic E-state index is 12.7. The smallest absolute Gasteiger partial charge is 0.257 e. The fourth-order valence-corrected chi connectivity index (χ4v) is 2.77. The molecule has 0 bridgehead atoms. The molecule has 3 rings (SSSR count). The first-order chi connectivity index (χ1) is 11.1. The first kappa shape index (κ1) is 15.5. The Bertz CT molecular complexity index is 673. The van der Waals surface area contributed by atoms with Crippen molar-refractivity contribution >= 4 is 11.7 Å². The van der Waals surface area contributed by atoms with Crippen LogP contribution in [0.2, 0.25) is 0 Å². The predicted molar refractivity (Wildman–Crippen MR) is 87.7 cm³/mol. The molecule has 0 atom stereocenters. The van der Waals surface area contributed by atoms with Crippen LogP contribution >= 0.6 is 0 Å². The van der Waals surface area contributed by atoms with Gasteiger partial charge in [0.25, 0.3) is 5.91 Å². The van der Waals surface area contributed by atoms with Crippen molar-refractivity contribution < 1.29 is 9.21 Å². The van der Waals surface area contributed by atoms with E-state index in [4.69, 9.17) is 4.42 Å². The lowest BCUT2D eigenvalue weighted by Crippen LogP contribution is -2.49. The minimum atomic E-state index is 0.0527. The lowest BCUT2D eigenvalue weighted by molar-refractivity contribution is 0.0744. The summed E-state index contributed by atoms with van der Waals surface area (Å²) in [6.45, 7) is 8.86. The van der Waals surface area contributed by atoms with E-state index in [1.54, 1.807) is 18.6 Å². The molecule has 3 heterocycles. The van der Waals surface area contributed by atoms with Crippen LogP contribution in [0.3, 0.4) is 0 Å². The van der Waals surface area contributed by atoms with Crippen molar-refractivity contribution in [3.8, 4) is 0 Å². The van der Waals surface area contributed by atoms with Crippen LogP contribution in [0.5, 0.6) is 0 Å². The molecule has 1 saturated heterocycles. The minimum Gasteiger partial charge on any atom is -0.465 e. The molecule has 0 radical (unpaired) electrons. The fourth-order valence-electron chi connectivity index (χ4n) is 2.77. The molecule has 0 N–H and O–H groups in total. The number of piperazine rings is 1. The highest BCUT2D eigenvalue weighted by atomic mass is 16.3. The van der Waals surface area contributed by atoms with Gasteiger partial charge in [-0.25, -0.2) is 4.98 Å². The van der Waals surface area contributed by atoms with E-state index < -0.39 is 0 Å². The molecule has 1 amide bonds. The molecule has 0 aliphatic carbocycles. The van der Waals surface area contributed by atoms with Gasteiger partial charge in [0.2, 0.25) is 0 Å². The second-order valence-electron chi connectivity index (χ2n) is 6.12. The van der Waals surface area contributed by atoms with Gasteiger partial charge in [0.1, 0.15) is 17.3 Å². The van der Waals surface area contributed by atoms with E-state index in [0.717, 1.165) is 24.7 Å². The molecule has 1 aliphatic heterocycles. The van der Waals surface area contributed by atoms with Crippen molar-refractivity contribution in [2.45, 2.75) is 26.7 Å². The fraction of sp³-hybridized carbons (Fsp3) is 0.471. The molecule has 1 aliphatic rings. The van der Waals surface area contributed by atoms with Crippen LogP contribution in [-0.4, -0.2) is 47.0 Å². The molecular formula is C17H22N4O2. The van der Waals surface area contributed by atoms with Gasteiger partial charge in [-0.1, -0.05) is 13.8 Å². The molecule has 2 aromatic rings. The van der Waals surface area contributed by atoms with Crippen LogP contribution in [0.1, 0.15) is 41.6 Å². The second kappa shape index (κ2) is 6.40. The summed E-state index contributed by atoms with van der Waals surface area (Å²) in [5, 5.41) is 0. The lowest BCUT2D eigenvalue weighted by atomic mass is 10.1. The van der Waals surface area contributed by atoms with Crippen molar-refractivity contribution in [3.63, 3.8) is 0 Å². The zero-order chi connectivity index (χ0) is 16.4. The first-order valence-electron chi connectivity index (χ1n) is 7.97. The Morgan fingerprint density at radius 2 is 1.96 bits per heavy atom. The molecule has 6 heteroatoms. The Balaban J connectivity index is 1.67. The average Bonchev–Trinajstić information content (AvgIpc) is 2.97. The van der Waals surface area contributed by atoms with Gasteiger partial charge >= 0.3 is 0 Å². The highest BCUT2D eigenvalue weighted by Crippen LogP contribution is 2.23. The van der Waals surface area contributed by atoms with Crippen molar-refractivity contribution in [2.75, 3.05) is 31.1 Å². The molecule has 1 fully saturated rings. The predicted octanol–water partition coefficient (Wildman–Crippen LogP) is 2.46. The van der Waals surface area contributed by atoms with Crippen LogP contribution in [0.25, 0.3) is 0 Å². The van der Waals surface area contributed by atoms with E-state index in [2.05, 4.69) is 28.7 Å². The van der Waals surface area contributed by atoms with Gasteiger partial charge in [0, 0.05) is 44.5 Å². The van der Waals surface area contributed by atoms with E-state index >= 15 is 0 Å². The molecule has 0 unspecified atom stereocenters. The van der Waals surface area contributed by atoms with Gasteiger partial charge in [-0.05, 0) is 13.0 Å². The van der Waals surface area contributed by atoms with Crippen LogP contribution in [0, 0.1) is 6.92 Å². The number of aromatic nitrogens is 2. The summed E-state index contributed by atoms with van der Waals surface area (Å²) in [6, 6.07) is 1.89. The third kappa shape index (κ3) is 3.21. The molecule has 2 aromatic heterocycles. The molecule has 122 valence electrons. The van der Waals surface area contributed by atoms with Gasteiger partial charge in [0.05, 0.1) is 11.8 Å². The molecule has 0 spiro atoms. The van der Waals surface area contributed by atoms with Gasteiger partial charge in [0.15, 0.2) is 0 Å². The van der Waals surface area contributed by atoms with Crippen molar-refractivity contribution in [3.05, 3.63) is 41.7 Å². The van der Waals surface area contributed by atoms with Crippen molar-refractivity contribution in [2.24, 2.45) is 0 Å². The summed E-state index contributed by atoms with van der Waals surface area (Å²) in [7, 11) is 0. The maximum Gasteiger partial charge on any atom is 0.257 e. The number of anilines is 1. The molecular weight excluding hydrogens is 292 g/mol. The molecule has 23 heavy (non-hydrogen) atoms. The van der Waals surface area contributed by atoms with E-state index in [0.29, 0.717) is 24.4 Å². The minimum absolute atomic E-state index is 0.0527. The maximum absolute atomic E-state index is 12.7.